The summed E-state index contributed by atoms with van der Waals surface area (Å²) in [7, 11) is 0. The Balaban J connectivity index is 2.75. The van der Waals surface area contributed by atoms with Gasteiger partial charge < -0.3 is 10.4 Å². The van der Waals surface area contributed by atoms with Crippen LogP contribution in [-0.4, -0.2) is 24.2 Å². The Kier molecular flexibility index (Phi) is 3.68. The normalized spacial score (nSPS) is 22.9. The Bertz CT molecular complexity index is 540. The van der Waals surface area contributed by atoms with Gasteiger partial charge in [-0.3, -0.25) is 4.79 Å². The fourth-order valence-electron chi connectivity index (χ4n) is 2.43. The van der Waals surface area contributed by atoms with E-state index in [1.54, 1.807) is 0 Å². The molecule has 8 heteroatoms. The molecule has 1 aliphatic heterocycles. The number of carboxylic acid groups (broad SMARTS) is 1. The lowest BCUT2D eigenvalue weighted by Gasteiger charge is -2.34. The van der Waals surface area contributed by atoms with Gasteiger partial charge in [0.1, 0.15) is 5.41 Å². The molecule has 20 heavy (non-hydrogen) atoms. The first kappa shape index (κ1) is 14.7. The molecule has 1 heterocycles. The highest BCUT2D eigenvalue weighted by Gasteiger charge is 2.47. The molecule has 1 saturated heterocycles. The Labute approximate surface area is 110 Å². The molecular formula is C12H10F5NO2. The first-order chi connectivity index (χ1) is 9.33. The molecule has 0 radical (unpaired) electrons. The third-order valence-corrected chi connectivity index (χ3v) is 3.48. The lowest BCUT2D eigenvalue weighted by molar-refractivity contribution is -0.145. The highest BCUT2D eigenvalue weighted by molar-refractivity contribution is 5.82. The van der Waals surface area contributed by atoms with E-state index in [9.17, 15) is 31.9 Å². The van der Waals surface area contributed by atoms with Gasteiger partial charge in [0.25, 0.3) is 0 Å². The van der Waals surface area contributed by atoms with Gasteiger partial charge in [-0.15, -0.1) is 0 Å². The first-order valence-corrected chi connectivity index (χ1v) is 5.79. The van der Waals surface area contributed by atoms with Crippen molar-refractivity contribution in [1.82, 2.24) is 5.32 Å². The van der Waals surface area contributed by atoms with Crippen LogP contribution in [0.25, 0.3) is 0 Å². The third kappa shape index (κ3) is 1.94. The maximum absolute atomic E-state index is 13.8. The summed E-state index contributed by atoms with van der Waals surface area (Å²) >= 11 is 0. The smallest absolute Gasteiger partial charge is 0.315 e. The summed E-state index contributed by atoms with van der Waals surface area (Å²) in [6.07, 6.45) is 0.0273. The third-order valence-electron chi connectivity index (χ3n) is 3.48. The maximum atomic E-state index is 13.8. The second-order valence-electron chi connectivity index (χ2n) is 4.61. The first-order valence-electron chi connectivity index (χ1n) is 5.79. The number of hydrogen-bond donors (Lipinski definition) is 2. The van der Waals surface area contributed by atoms with Crippen molar-refractivity contribution in [2.45, 2.75) is 18.3 Å². The van der Waals surface area contributed by atoms with Gasteiger partial charge in [-0.25, -0.2) is 22.0 Å². The minimum atomic E-state index is -2.30. The van der Waals surface area contributed by atoms with E-state index in [4.69, 9.17) is 0 Å². The molecule has 1 aromatic carbocycles. The number of hydrogen-bond acceptors (Lipinski definition) is 2. The molecular weight excluding hydrogens is 285 g/mol. The predicted octanol–water partition coefficient (Wildman–Crippen LogP) is 2.09. The van der Waals surface area contributed by atoms with Crippen molar-refractivity contribution in [3.05, 3.63) is 34.6 Å². The molecule has 1 aliphatic rings. The fourth-order valence-corrected chi connectivity index (χ4v) is 2.43. The molecule has 0 saturated carbocycles. The minimum absolute atomic E-state index is 0.215. The van der Waals surface area contributed by atoms with Crippen molar-refractivity contribution < 1.29 is 31.9 Å². The topological polar surface area (TPSA) is 49.3 Å². The van der Waals surface area contributed by atoms with Crippen LogP contribution in [0.15, 0.2) is 0 Å². The number of aliphatic carboxylic acids is 1. The number of rotatable bonds is 2. The largest absolute Gasteiger partial charge is 0.481 e. The molecule has 1 unspecified atom stereocenters. The number of benzene rings is 1. The van der Waals surface area contributed by atoms with Crippen molar-refractivity contribution in [2.24, 2.45) is 0 Å². The summed E-state index contributed by atoms with van der Waals surface area (Å²) in [5.41, 5.74) is -3.45. The van der Waals surface area contributed by atoms with Gasteiger partial charge in [-0.05, 0) is 19.4 Å². The standard InChI is InChI=1S/C12H10F5NO2/c13-6-5(7(14)9(16)10(17)8(6)15)12(11(19)20)2-1-3-18-4-12/h18H,1-4H2,(H,19,20). The quantitative estimate of drug-likeness (QED) is 0.499. The van der Waals surface area contributed by atoms with E-state index in [2.05, 4.69) is 5.32 Å². The molecule has 1 fully saturated rings. The van der Waals surface area contributed by atoms with E-state index in [0.717, 1.165) is 0 Å². The SMILES string of the molecule is O=C(O)C1(c2c(F)c(F)c(F)c(F)c2F)CCCNC1. The summed E-state index contributed by atoms with van der Waals surface area (Å²) in [6.45, 7) is 0.00507. The Hall–Kier alpha value is -1.70. The number of nitrogens with one attached hydrogen (secondary N) is 1. The molecule has 110 valence electrons. The van der Waals surface area contributed by atoms with Crippen LogP contribution < -0.4 is 5.32 Å². The van der Waals surface area contributed by atoms with Gasteiger partial charge in [0, 0.05) is 12.1 Å². The summed E-state index contributed by atoms with van der Waals surface area (Å²) in [5, 5.41) is 11.8. The predicted molar refractivity (Wildman–Crippen MR) is 57.6 cm³/mol. The van der Waals surface area contributed by atoms with E-state index in [-0.39, 0.29) is 12.8 Å². The van der Waals surface area contributed by atoms with Gasteiger partial charge in [0.15, 0.2) is 23.3 Å². The summed E-state index contributed by atoms with van der Waals surface area (Å²) in [5.74, 6) is -12.4. The molecule has 3 nitrogen and oxygen atoms in total. The summed E-state index contributed by atoms with van der Waals surface area (Å²) in [4.78, 5) is 11.4. The van der Waals surface area contributed by atoms with Crippen molar-refractivity contribution in [3.63, 3.8) is 0 Å². The van der Waals surface area contributed by atoms with Crippen LogP contribution in [0.4, 0.5) is 22.0 Å². The molecule has 0 aromatic heterocycles. The Morgan fingerprint density at radius 2 is 1.50 bits per heavy atom. The van der Waals surface area contributed by atoms with E-state index in [0.29, 0.717) is 6.54 Å². The van der Waals surface area contributed by atoms with Gasteiger partial charge in [-0.1, -0.05) is 0 Å². The molecule has 1 aromatic rings. The molecule has 2 N–H and O–H groups in total. The molecule has 0 bridgehead atoms. The maximum Gasteiger partial charge on any atom is 0.315 e. The van der Waals surface area contributed by atoms with Crippen molar-refractivity contribution in [1.29, 1.82) is 0 Å². The van der Waals surface area contributed by atoms with Crippen LogP contribution >= 0.6 is 0 Å². The number of piperidine rings is 1. The molecule has 1 atom stereocenters. The number of carbonyl (C=O) groups is 1. The van der Waals surface area contributed by atoms with Crippen molar-refractivity contribution in [3.8, 4) is 0 Å². The second kappa shape index (κ2) is 5.01. The molecule has 2 rings (SSSR count). The average Bonchev–Trinajstić information content (AvgIpc) is 2.44. The molecule has 0 spiro atoms. The van der Waals surface area contributed by atoms with Crippen LogP contribution in [0.1, 0.15) is 18.4 Å². The van der Waals surface area contributed by atoms with E-state index in [1.807, 2.05) is 0 Å². The Morgan fingerprint density at radius 3 is 1.90 bits per heavy atom. The highest BCUT2D eigenvalue weighted by Crippen LogP contribution is 2.37. The monoisotopic (exact) mass is 295 g/mol. The molecule has 0 aliphatic carbocycles. The van der Waals surface area contributed by atoms with Crippen LogP contribution in [0, 0.1) is 29.1 Å². The van der Waals surface area contributed by atoms with Gasteiger partial charge in [0.05, 0.1) is 0 Å². The van der Waals surface area contributed by atoms with E-state index >= 15 is 0 Å². The summed E-state index contributed by atoms with van der Waals surface area (Å²) < 4.78 is 67.0. The zero-order valence-electron chi connectivity index (χ0n) is 10.1. The van der Waals surface area contributed by atoms with Crippen LogP contribution in [0.5, 0.6) is 0 Å². The summed E-state index contributed by atoms with van der Waals surface area (Å²) in [6, 6.07) is 0. The lowest BCUT2D eigenvalue weighted by atomic mass is 9.74. The Morgan fingerprint density at radius 1 is 1.00 bits per heavy atom. The van der Waals surface area contributed by atoms with Gasteiger partial charge >= 0.3 is 5.97 Å². The lowest BCUT2D eigenvalue weighted by Crippen LogP contribution is -2.50. The average molecular weight is 295 g/mol. The zero-order valence-corrected chi connectivity index (χ0v) is 10.1. The number of halogens is 5. The number of carboxylic acids is 1. The fraction of sp³-hybridized carbons (Fsp3) is 0.417. The van der Waals surface area contributed by atoms with Crippen molar-refractivity contribution in [2.75, 3.05) is 13.1 Å². The van der Waals surface area contributed by atoms with E-state index in [1.165, 1.54) is 0 Å². The van der Waals surface area contributed by atoms with Crippen LogP contribution in [-0.2, 0) is 10.2 Å². The van der Waals surface area contributed by atoms with Gasteiger partial charge in [0.2, 0.25) is 5.82 Å². The highest BCUT2D eigenvalue weighted by atomic mass is 19.2. The van der Waals surface area contributed by atoms with Crippen molar-refractivity contribution >= 4 is 5.97 Å². The molecule has 0 amide bonds. The van der Waals surface area contributed by atoms with E-state index < -0.39 is 52.6 Å². The zero-order chi connectivity index (χ0) is 15.1. The second-order valence-corrected chi connectivity index (χ2v) is 4.61. The van der Waals surface area contributed by atoms with Crippen LogP contribution in [0.3, 0.4) is 0 Å². The van der Waals surface area contributed by atoms with Gasteiger partial charge in [-0.2, -0.15) is 0 Å². The minimum Gasteiger partial charge on any atom is -0.481 e. The van der Waals surface area contributed by atoms with Crippen LogP contribution in [0.2, 0.25) is 0 Å².